The van der Waals surface area contributed by atoms with Crippen LogP contribution < -0.4 is 0 Å². The highest BCUT2D eigenvalue weighted by Crippen LogP contribution is 2.44. The Balaban J connectivity index is 1.39. The van der Waals surface area contributed by atoms with Crippen LogP contribution in [0.2, 0.25) is 0 Å². The number of benzene rings is 7. The number of hydrogen-bond donors (Lipinski definition) is 0. The molecule has 0 amide bonds. The Morgan fingerprint density at radius 3 is 1.30 bits per heavy atom. The molecule has 0 aromatic heterocycles. The van der Waals surface area contributed by atoms with Crippen LogP contribution in [0.5, 0.6) is 0 Å². The SMILES string of the molecule is CC(C)(C)c1ccc(-c2ccc3cc(-c4c5ccccc5c(-c5ccccc5)c5ccccc45)ccc3c2)cc1. The smallest absolute Gasteiger partial charge is 0.00262 e. The van der Waals surface area contributed by atoms with Gasteiger partial charge in [0.15, 0.2) is 0 Å². The lowest BCUT2D eigenvalue weighted by Gasteiger charge is -2.19. The lowest BCUT2D eigenvalue weighted by Crippen LogP contribution is -2.10. The maximum Gasteiger partial charge on any atom is -0.00262 e. The monoisotopic (exact) mass is 512 g/mol. The van der Waals surface area contributed by atoms with Crippen molar-refractivity contribution in [1.29, 1.82) is 0 Å². The fourth-order valence-electron chi connectivity index (χ4n) is 6.10. The van der Waals surface area contributed by atoms with Crippen molar-refractivity contribution in [2.24, 2.45) is 0 Å². The molecule has 0 aliphatic carbocycles. The summed E-state index contributed by atoms with van der Waals surface area (Å²) in [4.78, 5) is 0. The molecule has 0 aliphatic rings. The summed E-state index contributed by atoms with van der Waals surface area (Å²) in [5.41, 5.74) is 9.14. The van der Waals surface area contributed by atoms with Gasteiger partial charge in [-0.15, -0.1) is 0 Å². The summed E-state index contributed by atoms with van der Waals surface area (Å²) in [6.07, 6.45) is 0. The normalized spacial score (nSPS) is 11.9. The molecule has 0 radical (unpaired) electrons. The van der Waals surface area contributed by atoms with Crippen LogP contribution in [0.3, 0.4) is 0 Å². The first-order valence-electron chi connectivity index (χ1n) is 14.1. The summed E-state index contributed by atoms with van der Waals surface area (Å²) in [5, 5.41) is 7.67. The van der Waals surface area contributed by atoms with Crippen molar-refractivity contribution in [3.05, 3.63) is 145 Å². The highest BCUT2D eigenvalue weighted by atomic mass is 14.2. The lowest BCUT2D eigenvalue weighted by atomic mass is 9.85. The van der Waals surface area contributed by atoms with E-state index >= 15 is 0 Å². The van der Waals surface area contributed by atoms with Gasteiger partial charge in [-0.05, 0) is 88.8 Å². The average Bonchev–Trinajstić information content (AvgIpc) is 2.99. The predicted octanol–water partition coefficient (Wildman–Crippen LogP) is 11.4. The van der Waals surface area contributed by atoms with Gasteiger partial charge in [0.1, 0.15) is 0 Å². The van der Waals surface area contributed by atoms with Gasteiger partial charge in [-0.25, -0.2) is 0 Å². The minimum absolute atomic E-state index is 0.159. The van der Waals surface area contributed by atoms with Crippen LogP contribution in [0.4, 0.5) is 0 Å². The van der Waals surface area contributed by atoms with E-state index in [9.17, 15) is 0 Å². The van der Waals surface area contributed by atoms with E-state index in [1.54, 1.807) is 0 Å². The summed E-state index contributed by atoms with van der Waals surface area (Å²) in [6.45, 7) is 6.78. The maximum atomic E-state index is 2.36. The topological polar surface area (TPSA) is 0 Å². The van der Waals surface area contributed by atoms with Gasteiger partial charge >= 0.3 is 0 Å². The Morgan fingerprint density at radius 1 is 0.350 bits per heavy atom. The molecule has 0 N–H and O–H groups in total. The van der Waals surface area contributed by atoms with E-state index in [1.807, 2.05) is 0 Å². The van der Waals surface area contributed by atoms with Crippen LogP contribution in [0.15, 0.2) is 140 Å². The molecule has 0 saturated heterocycles. The Kier molecular flexibility index (Phi) is 5.79. The van der Waals surface area contributed by atoms with Gasteiger partial charge in [0.25, 0.3) is 0 Å². The van der Waals surface area contributed by atoms with Crippen LogP contribution in [0, 0.1) is 0 Å². The quantitative estimate of drug-likeness (QED) is 0.207. The van der Waals surface area contributed by atoms with E-state index in [0.717, 1.165) is 0 Å². The van der Waals surface area contributed by atoms with E-state index in [0.29, 0.717) is 0 Å². The fourth-order valence-corrected chi connectivity index (χ4v) is 6.10. The molecule has 0 saturated carbocycles. The average molecular weight is 513 g/mol. The third-order valence-electron chi connectivity index (χ3n) is 8.21. The van der Waals surface area contributed by atoms with E-state index in [4.69, 9.17) is 0 Å². The van der Waals surface area contributed by atoms with Crippen LogP contribution in [0.25, 0.3) is 65.7 Å². The Bertz CT molecular complexity index is 1950. The van der Waals surface area contributed by atoms with Crippen molar-refractivity contribution in [1.82, 2.24) is 0 Å². The summed E-state index contributed by atoms with van der Waals surface area (Å²) >= 11 is 0. The van der Waals surface area contributed by atoms with E-state index < -0.39 is 0 Å². The van der Waals surface area contributed by atoms with Gasteiger partial charge in [0.05, 0.1) is 0 Å². The second-order valence-corrected chi connectivity index (χ2v) is 11.8. The van der Waals surface area contributed by atoms with Crippen LogP contribution in [0.1, 0.15) is 26.3 Å². The molecule has 7 aromatic carbocycles. The van der Waals surface area contributed by atoms with Crippen molar-refractivity contribution >= 4 is 32.3 Å². The molecule has 0 unspecified atom stereocenters. The molecule has 40 heavy (non-hydrogen) atoms. The molecular formula is C40H32. The Labute approximate surface area is 236 Å². The second-order valence-electron chi connectivity index (χ2n) is 11.8. The summed E-state index contributed by atoms with van der Waals surface area (Å²) in [7, 11) is 0. The van der Waals surface area contributed by atoms with Crippen molar-refractivity contribution < 1.29 is 0 Å². The molecule has 7 aromatic rings. The van der Waals surface area contributed by atoms with Gasteiger partial charge in [0, 0.05) is 0 Å². The molecule has 7 rings (SSSR count). The van der Waals surface area contributed by atoms with E-state index in [2.05, 4.69) is 160 Å². The van der Waals surface area contributed by atoms with Gasteiger partial charge in [-0.3, -0.25) is 0 Å². The Morgan fingerprint density at radius 2 is 0.775 bits per heavy atom. The fraction of sp³-hybridized carbons (Fsp3) is 0.100. The second kappa shape index (κ2) is 9.50. The third kappa shape index (κ3) is 4.17. The van der Waals surface area contributed by atoms with Gasteiger partial charge in [0.2, 0.25) is 0 Å². The highest BCUT2D eigenvalue weighted by molar-refractivity contribution is 6.21. The molecule has 0 bridgehead atoms. The summed E-state index contributed by atoms with van der Waals surface area (Å²) in [6, 6.07) is 51.3. The van der Waals surface area contributed by atoms with Crippen LogP contribution >= 0.6 is 0 Å². The van der Waals surface area contributed by atoms with Gasteiger partial charge < -0.3 is 0 Å². The molecule has 0 spiro atoms. The zero-order valence-corrected chi connectivity index (χ0v) is 23.3. The van der Waals surface area contributed by atoms with Gasteiger partial charge in [-0.1, -0.05) is 148 Å². The van der Waals surface area contributed by atoms with Crippen molar-refractivity contribution in [2.45, 2.75) is 26.2 Å². The first-order valence-corrected chi connectivity index (χ1v) is 14.1. The predicted molar refractivity (Wildman–Crippen MR) is 174 cm³/mol. The summed E-state index contributed by atoms with van der Waals surface area (Å²) < 4.78 is 0. The number of fused-ring (bicyclic) bond motifs is 3. The maximum absolute atomic E-state index is 2.36. The molecule has 0 fully saturated rings. The van der Waals surface area contributed by atoms with Crippen molar-refractivity contribution in [2.75, 3.05) is 0 Å². The van der Waals surface area contributed by atoms with E-state index in [1.165, 1.54) is 71.3 Å². The largest absolute Gasteiger partial charge is 0.0622 e. The molecule has 0 atom stereocenters. The standard InChI is InChI=1S/C40H32/c1-40(2,3)33-23-21-27(22-24-33)29-17-18-31-26-32(20-19-30(31)25-29)39-36-15-9-7-13-34(36)38(28-11-5-4-6-12-28)35-14-8-10-16-37(35)39/h4-26H,1-3H3. The zero-order chi connectivity index (χ0) is 27.3. The third-order valence-corrected chi connectivity index (χ3v) is 8.21. The van der Waals surface area contributed by atoms with Crippen LogP contribution in [-0.2, 0) is 5.41 Å². The number of rotatable bonds is 3. The molecular weight excluding hydrogens is 480 g/mol. The van der Waals surface area contributed by atoms with Crippen LogP contribution in [-0.4, -0.2) is 0 Å². The lowest BCUT2D eigenvalue weighted by molar-refractivity contribution is 0.590. The first kappa shape index (κ1) is 24.4. The van der Waals surface area contributed by atoms with Gasteiger partial charge in [-0.2, -0.15) is 0 Å². The number of hydrogen-bond acceptors (Lipinski definition) is 0. The Hall–Kier alpha value is -4.68. The zero-order valence-electron chi connectivity index (χ0n) is 23.3. The van der Waals surface area contributed by atoms with Crippen molar-refractivity contribution in [3.63, 3.8) is 0 Å². The summed E-state index contributed by atoms with van der Waals surface area (Å²) in [5.74, 6) is 0. The molecule has 0 heteroatoms. The minimum Gasteiger partial charge on any atom is -0.0622 e. The molecule has 0 aliphatic heterocycles. The molecule has 192 valence electrons. The first-order chi connectivity index (χ1) is 19.5. The minimum atomic E-state index is 0.159. The van der Waals surface area contributed by atoms with E-state index in [-0.39, 0.29) is 5.41 Å². The van der Waals surface area contributed by atoms with Crippen molar-refractivity contribution in [3.8, 4) is 33.4 Å². The highest BCUT2D eigenvalue weighted by Gasteiger charge is 2.17. The molecule has 0 nitrogen and oxygen atoms in total. The molecule has 0 heterocycles.